The predicted molar refractivity (Wildman–Crippen MR) is 78.6 cm³/mol. The largest absolute Gasteiger partial charge is 0.461 e. The number of ether oxygens (including phenoxy) is 1. The summed E-state index contributed by atoms with van der Waals surface area (Å²) < 4.78 is 12.0. The molecule has 0 saturated heterocycles. The van der Waals surface area contributed by atoms with Crippen molar-refractivity contribution in [1.29, 1.82) is 0 Å². The van der Waals surface area contributed by atoms with Crippen LogP contribution in [0.5, 0.6) is 0 Å². The molecule has 0 amide bonds. The van der Waals surface area contributed by atoms with Crippen LogP contribution in [0.3, 0.4) is 0 Å². The van der Waals surface area contributed by atoms with Gasteiger partial charge < -0.3 is 14.5 Å². The van der Waals surface area contributed by atoms with E-state index >= 15 is 0 Å². The van der Waals surface area contributed by atoms with Gasteiger partial charge in [-0.25, -0.2) is 14.8 Å². The van der Waals surface area contributed by atoms with Gasteiger partial charge in [0, 0.05) is 13.2 Å². The molecular formula is C14H15N5O3. The molecule has 0 aromatic carbocycles. The zero-order valence-corrected chi connectivity index (χ0v) is 12.4. The molecule has 0 unspecified atom stereocenters. The number of aromatic nitrogens is 4. The van der Waals surface area contributed by atoms with Crippen molar-refractivity contribution in [2.24, 2.45) is 0 Å². The number of carbonyl (C=O) groups is 1. The summed E-state index contributed by atoms with van der Waals surface area (Å²) in [4.78, 5) is 20.7. The molecule has 0 radical (unpaired) electrons. The first-order valence-corrected chi connectivity index (χ1v) is 6.78. The summed E-state index contributed by atoms with van der Waals surface area (Å²) in [6, 6.07) is 3.49. The average Bonchev–Trinajstić information content (AvgIpc) is 3.13. The van der Waals surface area contributed by atoms with E-state index in [-0.39, 0.29) is 11.7 Å². The molecule has 3 aromatic rings. The number of nitrogens with zero attached hydrogens (tertiary/aromatic N) is 4. The van der Waals surface area contributed by atoms with Gasteiger partial charge in [0.25, 0.3) is 0 Å². The van der Waals surface area contributed by atoms with Crippen LogP contribution in [0.25, 0.3) is 17.2 Å². The third kappa shape index (κ3) is 2.39. The summed E-state index contributed by atoms with van der Waals surface area (Å²) in [6.07, 6.45) is 2.72. The van der Waals surface area contributed by atoms with E-state index in [1.807, 2.05) is 0 Å². The quantitative estimate of drug-likeness (QED) is 0.736. The minimum atomic E-state index is -0.492. The predicted octanol–water partition coefficient (Wildman–Crippen LogP) is 1.99. The van der Waals surface area contributed by atoms with Crippen molar-refractivity contribution >= 4 is 17.6 Å². The lowest BCUT2D eigenvalue weighted by molar-refractivity contribution is 0.0379. The van der Waals surface area contributed by atoms with Gasteiger partial charge in [0.1, 0.15) is 5.56 Å². The SMILES string of the molecule is CNc1ncc(C(=O)OC(C)C)c2nc(-c3ccco3)nn12. The van der Waals surface area contributed by atoms with Crippen LogP contribution in [0.15, 0.2) is 29.0 Å². The number of nitrogens with one attached hydrogen (secondary N) is 1. The zero-order valence-electron chi connectivity index (χ0n) is 12.4. The summed E-state index contributed by atoms with van der Waals surface area (Å²) in [5.41, 5.74) is 0.606. The van der Waals surface area contributed by atoms with Gasteiger partial charge in [-0.2, -0.15) is 4.52 Å². The molecule has 22 heavy (non-hydrogen) atoms. The Hall–Kier alpha value is -2.90. The molecule has 3 rings (SSSR count). The second kappa shape index (κ2) is 5.47. The normalized spacial score (nSPS) is 11.1. The molecule has 0 bridgehead atoms. The first kappa shape index (κ1) is 14.1. The molecule has 0 aliphatic carbocycles. The minimum Gasteiger partial charge on any atom is -0.461 e. The highest BCUT2D eigenvalue weighted by Crippen LogP contribution is 2.20. The molecule has 0 spiro atoms. The first-order valence-electron chi connectivity index (χ1n) is 6.78. The molecular weight excluding hydrogens is 286 g/mol. The standard InChI is InChI=1S/C14H15N5O3/c1-8(2)22-13(20)9-7-16-14(15-3)19-12(9)17-11(18-19)10-5-4-6-21-10/h4-8H,1-3H3,(H,15,16). The van der Waals surface area contributed by atoms with Gasteiger partial charge in [-0.3, -0.25) is 0 Å². The Bertz CT molecular complexity index is 807. The Morgan fingerprint density at radius 3 is 2.91 bits per heavy atom. The Morgan fingerprint density at radius 2 is 2.27 bits per heavy atom. The average molecular weight is 301 g/mol. The second-order valence-electron chi connectivity index (χ2n) is 4.85. The van der Waals surface area contributed by atoms with E-state index in [4.69, 9.17) is 9.15 Å². The molecule has 0 fully saturated rings. The molecule has 0 aliphatic heterocycles. The molecule has 3 aromatic heterocycles. The smallest absolute Gasteiger partial charge is 0.343 e. The van der Waals surface area contributed by atoms with E-state index < -0.39 is 5.97 Å². The minimum absolute atomic E-state index is 0.232. The van der Waals surface area contributed by atoms with Gasteiger partial charge in [0.2, 0.25) is 11.8 Å². The second-order valence-corrected chi connectivity index (χ2v) is 4.85. The van der Waals surface area contributed by atoms with Crippen molar-refractivity contribution < 1.29 is 13.9 Å². The molecule has 0 saturated carbocycles. The highest BCUT2D eigenvalue weighted by atomic mass is 16.5. The van der Waals surface area contributed by atoms with Crippen LogP contribution in [0, 0.1) is 0 Å². The summed E-state index contributed by atoms with van der Waals surface area (Å²) in [5, 5.41) is 7.23. The van der Waals surface area contributed by atoms with Gasteiger partial charge in [0.15, 0.2) is 11.4 Å². The number of hydrogen-bond acceptors (Lipinski definition) is 7. The topological polar surface area (TPSA) is 94.5 Å². The van der Waals surface area contributed by atoms with E-state index in [9.17, 15) is 4.79 Å². The van der Waals surface area contributed by atoms with Crippen molar-refractivity contribution in [3.63, 3.8) is 0 Å². The van der Waals surface area contributed by atoms with Crippen molar-refractivity contribution in [2.45, 2.75) is 20.0 Å². The number of furan rings is 1. The lowest BCUT2D eigenvalue weighted by Crippen LogP contribution is -2.14. The van der Waals surface area contributed by atoms with E-state index in [0.29, 0.717) is 23.2 Å². The van der Waals surface area contributed by atoms with Gasteiger partial charge in [-0.15, -0.1) is 5.10 Å². The lowest BCUT2D eigenvalue weighted by atomic mass is 10.3. The van der Waals surface area contributed by atoms with Crippen molar-refractivity contribution in [1.82, 2.24) is 19.6 Å². The van der Waals surface area contributed by atoms with Crippen LogP contribution in [0.4, 0.5) is 5.95 Å². The molecule has 3 heterocycles. The maximum Gasteiger partial charge on any atom is 0.343 e. The number of rotatable bonds is 4. The molecule has 8 nitrogen and oxygen atoms in total. The monoisotopic (exact) mass is 301 g/mol. The summed E-state index contributed by atoms with van der Waals surface area (Å²) >= 11 is 0. The number of anilines is 1. The van der Waals surface area contributed by atoms with E-state index in [1.54, 1.807) is 33.0 Å². The van der Waals surface area contributed by atoms with Crippen LogP contribution >= 0.6 is 0 Å². The van der Waals surface area contributed by atoms with E-state index in [1.165, 1.54) is 17.0 Å². The Labute approximate surface area is 126 Å². The zero-order chi connectivity index (χ0) is 15.7. The molecule has 0 aliphatic rings. The fourth-order valence-corrected chi connectivity index (χ4v) is 1.97. The van der Waals surface area contributed by atoms with Crippen LogP contribution in [-0.2, 0) is 4.74 Å². The van der Waals surface area contributed by atoms with Crippen LogP contribution in [0.1, 0.15) is 24.2 Å². The van der Waals surface area contributed by atoms with E-state index in [2.05, 4.69) is 20.4 Å². The first-order chi connectivity index (χ1) is 10.6. The maximum atomic E-state index is 12.2. The Morgan fingerprint density at radius 1 is 1.45 bits per heavy atom. The van der Waals surface area contributed by atoms with Crippen LogP contribution in [-0.4, -0.2) is 38.7 Å². The van der Waals surface area contributed by atoms with Crippen LogP contribution in [0.2, 0.25) is 0 Å². The molecule has 8 heteroatoms. The highest BCUT2D eigenvalue weighted by Gasteiger charge is 2.20. The van der Waals surface area contributed by atoms with Gasteiger partial charge in [-0.05, 0) is 26.0 Å². The number of fused-ring (bicyclic) bond motifs is 1. The Balaban J connectivity index is 2.16. The van der Waals surface area contributed by atoms with Crippen molar-refractivity contribution in [3.05, 3.63) is 30.2 Å². The number of carbonyl (C=O) groups excluding carboxylic acids is 1. The van der Waals surface area contributed by atoms with Gasteiger partial charge in [0.05, 0.1) is 12.4 Å². The summed E-state index contributed by atoms with van der Waals surface area (Å²) in [6.45, 7) is 3.56. The summed E-state index contributed by atoms with van der Waals surface area (Å²) in [5.74, 6) is 0.844. The van der Waals surface area contributed by atoms with E-state index in [0.717, 1.165) is 0 Å². The van der Waals surface area contributed by atoms with Crippen molar-refractivity contribution in [3.8, 4) is 11.6 Å². The Kier molecular flexibility index (Phi) is 3.50. The highest BCUT2D eigenvalue weighted by molar-refractivity contribution is 5.96. The van der Waals surface area contributed by atoms with Gasteiger partial charge in [-0.1, -0.05) is 0 Å². The molecule has 114 valence electrons. The molecule has 1 N–H and O–H groups in total. The fourth-order valence-electron chi connectivity index (χ4n) is 1.97. The number of esters is 1. The third-order valence-electron chi connectivity index (χ3n) is 2.89. The number of hydrogen-bond donors (Lipinski definition) is 1. The van der Waals surface area contributed by atoms with Crippen molar-refractivity contribution in [2.75, 3.05) is 12.4 Å². The summed E-state index contributed by atoms with van der Waals surface area (Å²) in [7, 11) is 1.71. The van der Waals surface area contributed by atoms with Crippen LogP contribution < -0.4 is 5.32 Å². The third-order valence-corrected chi connectivity index (χ3v) is 2.89. The maximum absolute atomic E-state index is 12.2. The fraction of sp³-hybridized carbons (Fsp3) is 0.286. The molecule has 0 atom stereocenters. The van der Waals surface area contributed by atoms with Gasteiger partial charge >= 0.3 is 5.97 Å². The lowest BCUT2D eigenvalue weighted by Gasteiger charge is -2.09.